The molecule has 1 saturated heterocycles. The average molecular weight is 395 g/mol. The summed E-state index contributed by atoms with van der Waals surface area (Å²) in [6.07, 6.45) is 2.22. The Morgan fingerprint density at radius 1 is 1.52 bits per heavy atom. The van der Waals surface area contributed by atoms with Crippen LogP contribution < -0.4 is 5.32 Å². The molecule has 1 fully saturated rings. The summed E-state index contributed by atoms with van der Waals surface area (Å²) in [5.41, 5.74) is 0. The molecule has 21 heavy (non-hydrogen) atoms. The smallest absolute Gasteiger partial charge is 0.244 e. The van der Waals surface area contributed by atoms with E-state index in [1.165, 1.54) is 11.3 Å². The number of nitrogens with zero attached hydrogens (tertiary/aromatic N) is 1. The molecule has 120 valence electrons. The van der Waals surface area contributed by atoms with Crippen molar-refractivity contribution in [1.29, 1.82) is 0 Å². The highest BCUT2D eigenvalue weighted by molar-refractivity contribution is 9.11. The third-order valence-corrected chi connectivity index (χ3v) is 7.69. The topological polar surface area (TPSA) is 49.4 Å². The Bertz CT molecular complexity index is 578. The highest BCUT2D eigenvalue weighted by Crippen LogP contribution is 2.32. The molecule has 1 aromatic rings. The van der Waals surface area contributed by atoms with Gasteiger partial charge in [0.15, 0.2) is 0 Å². The lowest BCUT2D eigenvalue weighted by Gasteiger charge is -2.32. The Morgan fingerprint density at radius 3 is 2.71 bits per heavy atom. The first-order valence-electron chi connectivity index (χ1n) is 7.31. The second-order valence-electron chi connectivity index (χ2n) is 5.85. The van der Waals surface area contributed by atoms with Gasteiger partial charge in [0.25, 0.3) is 0 Å². The molecule has 7 heteroatoms. The van der Waals surface area contributed by atoms with Crippen LogP contribution in [-0.4, -0.2) is 38.4 Å². The zero-order chi connectivity index (χ0) is 15.6. The van der Waals surface area contributed by atoms with Gasteiger partial charge in [-0.05, 0) is 74.6 Å². The van der Waals surface area contributed by atoms with Gasteiger partial charge < -0.3 is 5.32 Å². The number of thiophene rings is 1. The van der Waals surface area contributed by atoms with Crippen LogP contribution in [0.1, 0.15) is 31.6 Å². The van der Waals surface area contributed by atoms with Gasteiger partial charge in [-0.25, -0.2) is 8.42 Å². The van der Waals surface area contributed by atoms with Crippen molar-refractivity contribution in [3.05, 3.63) is 14.7 Å². The Morgan fingerprint density at radius 2 is 2.24 bits per heavy atom. The molecule has 1 aromatic heterocycles. The monoisotopic (exact) mass is 394 g/mol. The highest BCUT2D eigenvalue weighted by atomic mass is 79.9. The molecule has 1 atom stereocenters. The van der Waals surface area contributed by atoms with Crippen LogP contribution in [0.3, 0.4) is 0 Å². The molecule has 4 nitrogen and oxygen atoms in total. The molecule has 0 spiro atoms. The summed E-state index contributed by atoms with van der Waals surface area (Å²) in [6.45, 7) is 8.31. The fourth-order valence-electron chi connectivity index (χ4n) is 2.73. The number of sulfonamides is 1. The number of halogens is 1. The molecule has 0 aromatic carbocycles. The average Bonchev–Trinajstić information content (AvgIpc) is 2.76. The molecule has 1 unspecified atom stereocenters. The van der Waals surface area contributed by atoms with E-state index < -0.39 is 10.0 Å². The number of nitrogens with one attached hydrogen (secondary N) is 1. The third-order valence-electron chi connectivity index (χ3n) is 3.84. The van der Waals surface area contributed by atoms with E-state index in [2.05, 4.69) is 21.2 Å². The molecular formula is C14H23BrN2O2S2. The third kappa shape index (κ3) is 4.07. The summed E-state index contributed by atoms with van der Waals surface area (Å²) in [6, 6.07) is 1.69. The second-order valence-corrected chi connectivity index (χ2v) is 10.3. The fraction of sp³-hybridized carbons (Fsp3) is 0.714. The standard InChI is InChI=1S/C14H23BrN2O2S2/c1-10(2)17(9-12-5-4-6-16-8-12)21(18,19)13-7-14(15)20-11(13)3/h7,10,12,16H,4-6,8-9H2,1-3H3. The number of hydrogen-bond donors (Lipinski definition) is 1. The molecular weight excluding hydrogens is 372 g/mol. The van der Waals surface area contributed by atoms with Crippen LogP contribution >= 0.6 is 27.3 Å². The zero-order valence-corrected chi connectivity index (χ0v) is 15.9. The maximum atomic E-state index is 13.0. The van der Waals surface area contributed by atoms with Crippen LogP contribution in [0.5, 0.6) is 0 Å². The van der Waals surface area contributed by atoms with Crippen molar-refractivity contribution in [2.75, 3.05) is 19.6 Å². The van der Waals surface area contributed by atoms with Crippen LogP contribution in [-0.2, 0) is 10.0 Å². The molecule has 0 radical (unpaired) electrons. The predicted octanol–water partition coefficient (Wildman–Crippen LogP) is 3.22. The van der Waals surface area contributed by atoms with Gasteiger partial charge in [-0.2, -0.15) is 4.31 Å². The minimum Gasteiger partial charge on any atom is -0.316 e. The van der Waals surface area contributed by atoms with Gasteiger partial charge in [0, 0.05) is 17.5 Å². The van der Waals surface area contributed by atoms with Crippen LogP contribution in [0.4, 0.5) is 0 Å². The number of rotatable bonds is 5. The van der Waals surface area contributed by atoms with E-state index in [4.69, 9.17) is 0 Å². The van der Waals surface area contributed by atoms with Gasteiger partial charge in [-0.1, -0.05) is 0 Å². The molecule has 0 amide bonds. The first-order chi connectivity index (χ1) is 9.82. The molecule has 2 heterocycles. The highest BCUT2D eigenvalue weighted by Gasteiger charge is 2.32. The Hall–Kier alpha value is 0.0500. The van der Waals surface area contributed by atoms with E-state index in [1.807, 2.05) is 20.8 Å². The van der Waals surface area contributed by atoms with Crippen molar-refractivity contribution in [3.8, 4) is 0 Å². The number of aryl methyl sites for hydroxylation is 1. The summed E-state index contributed by atoms with van der Waals surface area (Å²) < 4.78 is 28.5. The van der Waals surface area contributed by atoms with E-state index in [9.17, 15) is 8.42 Å². The van der Waals surface area contributed by atoms with E-state index in [0.29, 0.717) is 17.4 Å². The van der Waals surface area contributed by atoms with Crippen molar-refractivity contribution in [1.82, 2.24) is 9.62 Å². The lowest BCUT2D eigenvalue weighted by atomic mass is 9.99. The molecule has 1 N–H and O–H groups in total. The Labute approximate surface area is 140 Å². The molecule has 0 saturated carbocycles. The van der Waals surface area contributed by atoms with Crippen LogP contribution in [0.15, 0.2) is 14.7 Å². The summed E-state index contributed by atoms with van der Waals surface area (Å²) in [5.74, 6) is 0.401. The van der Waals surface area contributed by atoms with Gasteiger partial charge in [0.05, 0.1) is 8.68 Å². The van der Waals surface area contributed by atoms with Gasteiger partial charge in [-0.15, -0.1) is 11.3 Å². The Balaban J connectivity index is 2.25. The summed E-state index contributed by atoms with van der Waals surface area (Å²) >= 11 is 4.86. The maximum absolute atomic E-state index is 13.0. The van der Waals surface area contributed by atoms with Crippen LogP contribution in [0.2, 0.25) is 0 Å². The van der Waals surface area contributed by atoms with E-state index in [-0.39, 0.29) is 6.04 Å². The molecule has 1 aliphatic heterocycles. The van der Waals surface area contributed by atoms with Gasteiger partial charge in [-0.3, -0.25) is 0 Å². The Kier molecular flexibility index (Phi) is 5.87. The SMILES string of the molecule is Cc1sc(Br)cc1S(=O)(=O)N(CC1CCCNC1)C(C)C. The van der Waals surface area contributed by atoms with Crippen LogP contribution in [0.25, 0.3) is 0 Å². The number of piperidine rings is 1. The first-order valence-corrected chi connectivity index (χ1v) is 10.4. The second kappa shape index (κ2) is 7.08. The summed E-state index contributed by atoms with van der Waals surface area (Å²) in [7, 11) is -3.42. The minimum absolute atomic E-state index is 0.0324. The molecule has 0 aliphatic carbocycles. The van der Waals surface area contributed by atoms with Crippen LogP contribution in [0, 0.1) is 12.8 Å². The van der Waals surface area contributed by atoms with E-state index in [0.717, 1.165) is 34.6 Å². The lowest BCUT2D eigenvalue weighted by molar-refractivity contribution is 0.264. The molecule has 1 aliphatic rings. The zero-order valence-electron chi connectivity index (χ0n) is 12.7. The van der Waals surface area contributed by atoms with Crippen molar-refractivity contribution < 1.29 is 8.42 Å². The normalized spacial score (nSPS) is 20.4. The lowest BCUT2D eigenvalue weighted by Crippen LogP contribution is -2.44. The summed E-state index contributed by atoms with van der Waals surface area (Å²) in [4.78, 5) is 1.28. The number of hydrogen-bond acceptors (Lipinski definition) is 4. The van der Waals surface area contributed by atoms with Crippen molar-refractivity contribution in [2.45, 2.75) is 44.6 Å². The van der Waals surface area contributed by atoms with E-state index >= 15 is 0 Å². The molecule has 0 bridgehead atoms. The van der Waals surface area contributed by atoms with Crippen molar-refractivity contribution >= 4 is 37.3 Å². The van der Waals surface area contributed by atoms with Gasteiger partial charge >= 0.3 is 0 Å². The largest absolute Gasteiger partial charge is 0.316 e. The predicted molar refractivity (Wildman–Crippen MR) is 91.4 cm³/mol. The summed E-state index contributed by atoms with van der Waals surface area (Å²) in [5, 5.41) is 3.36. The minimum atomic E-state index is -3.42. The van der Waals surface area contributed by atoms with E-state index in [1.54, 1.807) is 10.4 Å². The fourth-order valence-corrected chi connectivity index (χ4v) is 6.83. The first kappa shape index (κ1) is 17.4. The van der Waals surface area contributed by atoms with Gasteiger partial charge in [0.2, 0.25) is 10.0 Å². The van der Waals surface area contributed by atoms with Crippen molar-refractivity contribution in [3.63, 3.8) is 0 Å². The quantitative estimate of drug-likeness (QED) is 0.833. The maximum Gasteiger partial charge on any atom is 0.244 e. The van der Waals surface area contributed by atoms with Gasteiger partial charge in [0.1, 0.15) is 0 Å². The molecule has 2 rings (SSSR count). The van der Waals surface area contributed by atoms with Crippen molar-refractivity contribution in [2.24, 2.45) is 5.92 Å².